The van der Waals surface area contributed by atoms with Gasteiger partial charge in [0.25, 0.3) is 0 Å². The summed E-state index contributed by atoms with van der Waals surface area (Å²) in [7, 11) is 0. The quantitative estimate of drug-likeness (QED) is 0.462. The Hall–Kier alpha value is -3.16. The zero-order valence-corrected chi connectivity index (χ0v) is 19.7. The summed E-state index contributed by atoms with van der Waals surface area (Å²) in [6, 6.07) is 18.4. The van der Waals surface area contributed by atoms with Gasteiger partial charge in [0, 0.05) is 30.4 Å². The Morgan fingerprint density at radius 3 is 2.58 bits per heavy atom. The van der Waals surface area contributed by atoms with Crippen molar-refractivity contribution in [3.63, 3.8) is 0 Å². The van der Waals surface area contributed by atoms with Gasteiger partial charge in [0.2, 0.25) is 5.95 Å². The number of aromatic nitrogens is 2. The maximum atomic E-state index is 5.97. The summed E-state index contributed by atoms with van der Waals surface area (Å²) >= 11 is 0. The van der Waals surface area contributed by atoms with Crippen LogP contribution in [-0.2, 0) is 4.84 Å². The van der Waals surface area contributed by atoms with Crippen LogP contribution in [0.2, 0.25) is 0 Å². The van der Waals surface area contributed by atoms with Gasteiger partial charge in [-0.25, -0.2) is 10.0 Å². The van der Waals surface area contributed by atoms with Crippen molar-refractivity contribution < 1.29 is 9.57 Å². The van der Waals surface area contributed by atoms with Crippen LogP contribution in [0.15, 0.2) is 60.8 Å². The lowest BCUT2D eigenvalue weighted by molar-refractivity contribution is 0.156. The first-order chi connectivity index (χ1) is 16.2. The Balaban J connectivity index is 1.42. The molecule has 2 heterocycles. The molecule has 0 amide bonds. The van der Waals surface area contributed by atoms with Crippen molar-refractivity contribution in [3.8, 4) is 5.75 Å². The van der Waals surface area contributed by atoms with Gasteiger partial charge in [-0.05, 0) is 49.8 Å². The molecule has 3 aromatic rings. The molecule has 1 aliphatic heterocycles. The standard InChI is InChI=1S/C26H33N5O2/c1-4-30(5-2)16-18-32-23-13-11-22(12-14-23)28-26-27-19-20(3)25(29-26)31-24(15-17-33-31)21-9-7-6-8-10-21/h6-14,19,24H,4-5,15-18H2,1-3H3,(H,27,28,29)/t24-/m0/s1. The SMILES string of the molecule is CCN(CC)CCOc1ccc(Nc2ncc(C)c(N3OCC[C@H]3c3ccccc3)n2)cc1. The van der Waals surface area contributed by atoms with Crippen molar-refractivity contribution in [2.75, 3.05) is 43.2 Å². The molecule has 7 nitrogen and oxygen atoms in total. The van der Waals surface area contributed by atoms with E-state index in [1.165, 1.54) is 5.56 Å². The van der Waals surface area contributed by atoms with Crippen molar-refractivity contribution in [1.82, 2.24) is 14.9 Å². The maximum Gasteiger partial charge on any atom is 0.229 e. The van der Waals surface area contributed by atoms with Crippen LogP contribution in [0.4, 0.5) is 17.5 Å². The highest BCUT2D eigenvalue weighted by Gasteiger charge is 2.30. The largest absolute Gasteiger partial charge is 0.492 e. The van der Waals surface area contributed by atoms with Gasteiger partial charge in [-0.1, -0.05) is 44.2 Å². The Morgan fingerprint density at radius 1 is 1.09 bits per heavy atom. The van der Waals surface area contributed by atoms with E-state index in [0.29, 0.717) is 19.2 Å². The van der Waals surface area contributed by atoms with Crippen molar-refractivity contribution in [2.24, 2.45) is 0 Å². The fourth-order valence-electron chi connectivity index (χ4n) is 3.97. The Morgan fingerprint density at radius 2 is 1.85 bits per heavy atom. The number of anilines is 3. The lowest BCUT2D eigenvalue weighted by atomic mass is 10.0. The highest BCUT2D eigenvalue weighted by atomic mass is 16.7. The van der Waals surface area contributed by atoms with Crippen molar-refractivity contribution in [2.45, 2.75) is 33.2 Å². The smallest absolute Gasteiger partial charge is 0.229 e. The van der Waals surface area contributed by atoms with E-state index in [4.69, 9.17) is 14.6 Å². The predicted molar refractivity (Wildman–Crippen MR) is 132 cm³/mol. The molecule has 174 valence electrons. The van der Waals surface area contributed by atoms with E-state index in [-0.39, 0.29) is 6.04 Å². The number of ether oxygens (including phenoxy) is 1. The van der Waals surface area contributed by atoms with E-state index in [1.807, 2.05) is 48.5 Å². The van der Waals surface area contributed by atoms with Gasteiger partial charge in [0.15, 0.2) is 5.82 Å². The average Bonchev–Trinajstić information content (AvgIpc) is 3.34. The predicted octanol–water partition coefficient (Wildman–Crippen LogP) is 5.13. The van der Waals surface area contributed by atoms with Crippen LogP contribution in [0.3, 0.4) is 0 Å². The summed E-state index contributed by atoms with van der Waals surface area (Å²) in [5, 5.41) is 5.22. The molecule has 7 heteroatoms. The van der Waals surface area contributed by atoms with E-state index < -0.39 is 0 Å². The summed E-state index contributed by atoms with van der Waals surface area (Å²) in [5.41, 5.74) is 3.10. The molecule has 0 aliphatic carbocycles. The van der Waals surface area contributed by atoms with Crippen LogP contribution in [-0.4, -0.2) is 47.7 Å². The van der Waals surface area contributed by atoms with Gasteiger partial charge in [0.1, 0.15) is 12.4 Å². The van der Waals surface area contributed by atoms with Crippen LogP contribution in [0.25, 0.3) is 0 Å². The van der Waals surface area contributed by atoms with Gasteiger partial charge in [-0.15, -0.1) is 0 Å². The molecule has 0 bridgehead atoms. The first-order valence-electron chi connectivity index (χ1n) is 11.7. The molecule has 1 fully saturated rings. The Labute approximate surface area is 196 Å². The monoisotopic (exact) mass is 447 g/mol. The van der Waals surface area contributed by atoms with Gasteiger partial charge in [0.05, 0.1) is 12.6 Å². The van der Waals surface area contributed by atoms with E-state index in [1.54, 1.807) is 0 Å². The second-order valence-electron chi connectivity index (χ2n) is 8.10. The number of hydrogen-bond donors (Lipinski definition) is 1. The summed E-state index contributed by atoms with van der Waals surface area (Å²) in [4.78, 5) is 17.6. The lowest BCUT2D eigenvalue weighted by Gasteiger charge is -2.25. The third kappa shape index (κ3) is 5.80. The van der Waals surface area contributed by atoms with Crippen LogP contribution < -0.4 is 15.1 Å². The molecule has 2 aromatic carbocycles. The normalized spacial score (nSPS) is 15.8. The highest BCUT2D eigenvalue weighted by molar-refractivity contribution is 5.57. The molecule has 4 rings (SSSR count). The van der Waals surface area contributed by atoms with Crippen LogP contribution in [0.1, 0.15) is 37.4 Å². The minimum Gasteiger partial charge on any atom is -0.492 e. The van der Waals surface area contributed by atoms with Crippen LogP contribution in [0, 0.1) is 6.92 Å². The Bertz CT molecular complexity index is 1010. The number of likely N-dealkylation sites (N-methyl/N-ethyl adjacent to an activating group) is 1. The molecule has 33 heavy (non-hydrogen) atoms. The Kier molecular flexibility index (Phi) is 7.75. The number of hydroxylamine groups is 1. The number of rotatable bonds is 10. The first-order valence-corrected chi connectivity index (χ1v) is 11.7. The molecule has 0 radical (unpaired) electrons. The summed E-state index contributed by atoms with van der Waals surface area (Å²) < 4.78 is 5.88. The van der Waals surface area contributed by atoms with Crippen molar-refractivity contribution in [1.29, 1.82) is 0 Å². The van der Waals surface area contributed by atoms with Gasteiger partial charge in [-0.3, -0.25) is 4.84 Å². The summed E-state index contributed by atoms with van der Waals surface area (Å²) in [5.74, 6) is 2.18. The summed E-state index contributed by atoms with van der Waals surface area (Å²) in [6.45, 7) is 10.7. The molecule has 0 saturated carbocycles. The molecule has 1 aromatic heterocycles. The maximum absolute atomic E-state index is 5.97. The van der Waals surface area contributed by atoms with E-state index in [2.05, 4.69) is 53.3 Å². The average molecular weight is 448 g/mol. The molecular formula is C26H33N5O2. The van der Waals surface area contributed by atoms with Crippen LogP contribution in [0.5, 0.6) is 5.75 Å². The second kappa shape index (κ2) is 11.1. The van der Waals surface area contributed by atoms with Gasteiger partial charge < -0.3 is 15.0 Å². The first kappa shape index (κ1) is 23.0. The van der Waals surface area contributed by atoms with E-state index in [9.17, 15) is 0 Å². The molecular weight excluding hydrogens is 414 g/mol. The number of benzene rings is 2. The van der Waals surface area contributed by atoms with Crippen LogP contribution >= 0.6 is 0 Å². The molecule has 0 unspecified atom stereocenters. The van der Waals surface area contributed by atoms with E-state index in [0.717, 1.165) is 48.9 Å². The number of nitrogens with one attached hydrogen (secondary N) is 1. The number of hydrogen-bond acceptors (Lipinski definition) is 7. The molecule has 1 saturated heterocycles. The summed E-state index contributed by atoms with van der Waals surface area (Å²) in [6.07, 6.45) is 2.76. The zero-order chi connectivity index (χ0) is 23.0. The lowest BCUT2D eigenvalue weighted by Crippen LogP contribution is -2.27. The second-order valence-corrected chi connectivity index (χ2v) is 8.10. The molecule has 1 atom stereocenters. The fraction of sp³-hybridized carbons (Fsp3) is 0.385. The topological polar surface area (TPSA) is 62.8 Å². The highest BCUT2D eigenvalue weighted by Crippen LogP contribution is 2.35. The third-order valence-corrected chi connectivity index (χ3v) is 5.92. The van der Waals surface area contributed by atoms with Crippen molar-refractivity contribution >= 4 is 17.5 Å². The van der Waals surface area contributed by atoms with E-state index >= 15 is 0 Å². The van der Waals surface area contributed by atoms with Gasteiger partial charge in [-0.2, -0.15) is 4.98 Å². The zero-order valence-electron chi connectivity index (χ0n) is 19.7. The third-order valence-electron chi connectivity index (χ3n) is 5.92. The fourth-order valence-corrected chi connectivity index (χ4v) is 3.97. The minimum absolute atomic E-state index is 0.139. The minimum atomic E-state index is 0.139. The number of nitrogens with zero attached hydrogens (tertiary/aromatic N) is 4. The molecule has 1 aliphatic rings. The van der Waals surface area contributed by atoms with Gasteiger partial charge >= 0.3 is 0 Å². The molecule has 1 N–H and O–H groups in total. The van der Waals surface area contributed by atoms with Crippen molar-refractivity contribution in [3.05, 3.63) is 71.9 Å². The number of aryl methyl sites for hydroxylation is 1. The molecule has 0 spiro atoms.